The maximum absolute atomic E-state index is 13.0. The van der Waals surface area contributed by atoms with Crippen LogP contribution in [0, 0.1) is 6.92 Å². The maximum atomic E-state index is 13.0. The standard InChI is InChI=1S/C21H25N3O4/c1-14-5-7-16(8-6-14)20(24(3)19(26)13-22-15(2)25)21(27)23-17-9-11-18(28-4)12-10-17/h5-12,20H,13H2,1-4H3,(H,22,25)(H,23,27)/t20-/m0/s1. The Balaban J connectivity index is 2.25. The molecule has 0 aliphatic heterocycles. The summed E-state index contributed by atoms with van der Waals surface area (Å²) in [5, 5.41) is 5.30. The van der Waals surface area contributed by atoms with Gasteiger partial charge in [-0.1, -0.05) is 29.8 Å². The summed E-state index contributed by atoms with van der Waals surface area (Å²) in [4.78, 5) is 37.9. The molecule has 0 radical (unpaired) electrons. The number of hydrogen-bond donors (Lipinski definition) is 2. The first-order chi connectivity index (χ1) is 13.3. The Morgan fingerprint density at radius 2 is 1.64 bits per heavy atom. The van der Waals surface area contributed by atoms with Crippen molar-refractivity contribution in [2.75, 3.05) is 26.0 Å². The Morgan fingerprint density at radius 3 is 2.18 bits per heavy atom. The van der Waals surface area contributed by atoms with E-state index in [0.717, 1.165) is 5.56 Å². The van der Waals surface area contributed by atoms with Crippen molar-refractivity contribution in [2.24, 2.45) is 0 Å². The zero-order valence-electron chi connectivity index (χ0n) is 16.5. The van der Waals surface area contributed by atoms with Crippen molar-refractivity contribution in [3.05, 3.63) is 59.7 Å². The van der Waals surface area contributed by atoms with Crippen molar-refractivity contribution in [3.63, 3.8) is 0 Å². The molecule has 0 unspecified atom stereocenters. The van der Waals surface area contributed by atoms with Crippen molar-refractivity contribution in [3.8, 4) is 5.75 Å². The Labute approximate surface area is 164 Å². The van der Waals surface area contributed by atoms with E-state index in [1.165, 1.54) is 11.8 Å². The number of anilines is 1. The summed E-state index contributed by atoms with van der Waals surface area (Å²) in [7, 11) is 3.11. The van der Waals surface area contributed by atoms with Crippen LogP contribution in [-0.2, 0) is 14.4 Å². The number of carbonyl (C=O) groups excluding carboxylic acids is 3. The molecule has 3 amide bonds. The lowest BCUT2D eigenvalue weighted by Crippen LogP contribution is -2.43. The number of aryl methyl sites for hydroxylation is 1. The van der Waals surface area contributed by atoms with E-state index in [9.17, 15) is 14.4 Å². The molecule has 7 heteroatoms. The molecule has 28 heavy (non-hydrogen) atoms. The predicted octanol–water partition coefficient (Wildman–Crippen LogP) is 2.28. The van der Waals surface area contributed by atoms with E-state index < -0.39 is 6.04 Å². The van der Waals surface area contributed by atoms with E-state index in [-0.39, 0.29) is 24.3 Å². The van der Waals surface area contributed by atoms with E-state index in [0.29, 0.717) is 17.0 Å². The van der Waals surface area contributed by atoms with Crippen LogP contribution in [0.3, 0.4) is 0 Å². The smallest absolute Gasteiger partial charge is 0.251 e. The number of nitrogens with zero attached hydrogens (tertiary/aromatic N) is 1. The lowest BCUT2D eigenvalue weighted by molar-refractivity contribution is -0.137. The number of rotatable bonds is 7. The fraction of sp³-hybridized carbons (Fsp3) is 0.286. The Kier molecular flexibility index (Phi) is 7.14. The third-order valence-corrected chi connectivity index (χ3v) is 4.27. The molecular formula is C21H25N3O4. The molecule has 0 aliphatic carbocycles. The van der Waals surface area contributed by atoms with Gasteiger partial charge < -0.3 is 20.3 Å². The van der Waals surface area contributed by atoms with Crippen molar-refractivity contribution in [2.45, 2.75) is 19.9 Å². The van der Waals surface area contributed by atoms with Crippen molar-refractivity contribution in [1.82, 2.24) is 10.2 Å². The number of ether oxygens (including phenoxy) is 1. The molecule has 1 atom stereocenters. The molecule has 0 bridgehead atoms. The quantitative estimate of drug-likeness (QED) is 0.768. The molecule has 0 aromatic heterocycles. The van der Waals surface area contributed by atoms with Gasteiger partial charge in [0.15, 0.2) is 0 Å². The second-order valence-electron chi connectivity index (χ2n) is 6.45. The summed E-state index contributed by atoms with van der Waals surface area (Å²) in [5.41, 5.74) is 2.31. The molecule has 0 fully saturated rings. The van der Waals surface area contributed by atoms with Crippen LogP contribution in [-0.4, -0.2) is 43.3 Å². The number of nitrogens with one attached hydrogen (secondary N) is 2. The average Bonchev–Trinajstić information content (AvgIpc) is 2.68. The summed E-state index contributed by atoms with van der Waals surface area (Å²) in [6, 6.07) is 13.5. The fourth-order valence-electron chi connectivity index (χ4n) is 2.65. The van der Waals surface area contributed by atoms with Crippen LogP contribution >= 0.6 is 0 Å². The first-order valence-corrected chi connectivity index (χ1v) is 8.83. The van der Waals surface area contributed by atoms with Gasteiger partial charge in [-0.15, -0.1) is 0 Å². The molecule has 0 saturated heterocycles. The van der Waals surface area contributed by atoms with E-state index in [1.807, 2.05) is 31.2 Å². The van der Waals surface area contributed by atoms with Gasteiger partial charge in [-0.3, -0.25) is 14.4 Å². The maximum Gasteiger partial charge on any atom is 0.251 e. The van der Waals surface area contributed by atoms with Crippen LogP contribution < -0.4 is 15.4 Å². The van der Waals surface area contributed by atoms with Crippen molar-refractivity contribution < 1.29 is 19.1 Å². The highest BCUT2D eigenvalue weighted by Crippen LogP contribution is 2.23. The molecular weight excluding hydrogens is 358 g/mol. The van der Waals surface area contributed by atoms with Crippen molar-refractivity contribution in [1.29, 1.82) is 0 Å². The van der Waals surface area contributed by atoms with Gasteiger partial charge in [0.25, 0.3) is 5.91 Å². The zero-order valence-corrected chi connectivity index (χ0v) is 16.5. The van der Waals surface area contributed by atoms with Crippen LogP contribution in [0.2, 0.25) is 0 Å². The number of hydrogen-bond acceptors (Lipinski definition) is 4. The largest absolute Gasteiger partial charge is 0.497 e. The third-order valence-electron chi connectivity index (χ3n) is 4.27. The summed E-state index contributed by atoms with van der Waals surface area (Å²) in [6.45, 7) is 3.10. The molecule has 2 rings (SSSR count). The SMILES string of the molecule is COc1ccc(NC(=O)[C@H](c2ccc(C)cc2)N(C)C(=O)CNC(C)=O)cc1. The zero-order chi connectivity index (χ0) is 20.7. The highest BCUT2D eigenvalue weighted by molar-refractivity contribution is 5.98. The minimum Gasteiger partial charge on any atom is -0.497 e. The molecule has 0 saturated carbocycles. The lowest BCUT2D eigenvalue weighted by atomic mass is 10.0. The van der Waals surface area contributed by atoms with E-state index in [1.54, 1.807) is 38.4 Å². The molecule has 2 aromatic rings. The molecule has 0 aliphatic rings. The highest BCUT2D eigenvalue weighted by atomic mass is 16.5. The molecule has 0 spiro atoms. The van der Waals surface area contributed by atoms with Crippen LogP contribution in [0.4, 0.5) is 5.69 Å². The first kappa shape index (κ1) is 21.0. The molecule has 148 valence electrons. The highest BCUT2D eigenvalue weighted by Gasteiger charge is 2.28. The Morgan fingerprint density at radius 1 is 1.04 bits per heavy atom. The second-order valence-corrected chi connectivity index (χ2v) is 6.45. The average molecular weight is 383 g/mol. The molecule has 0 heterocycles. The Bertz CT molecular complexity index is 832. The monoisotopic (exact) mass is 383 g/mol. The van der Waals surface area contributed by atoms with Gasteiger partial charge in [-0.05, 0) is 36.8 Å². The van der Waals surface area contributed by atoms with Gasteiger partial charge in [-0.25, -0.2) is 0 Å². The fourth-order valence-corrected chi connectivity index (χ4v) is 2.65. The van der Waals surface area contributed by atoms with Crippen molar-refractivity contribution >= 4 is 23.4 Å². The molecule has 2 aromatic carbocycles. The van der Waals surface area contributed by atoms with Gasteiger partial charge in [0, 0.05) is 19.7 Å². The van der Waals surface area contributed by atoms with Gasteiger partial charge in [-0.2, -0.15) is 0 Å². The van der Waals surface area contributed by atoms with Crippen LogP contribution in [0.1, 0.15) is 24.1 Å². The summed E-state index contributed by atoms with van der Waals surface area (Å²) in [5.74, 6) is -0.356. The van der Waals surface area contributed by atoms with Gasteiger partial charge >= 0.3 is 0 Å². The number of methoxy groups -OCH3 is 1. The van der Waals surface area contributed by atoms with Crippen LogP contribution in [0.5, 0.6) is 5.75 Å². The summed E-state index contributed by atoms with van der Waals surface area (Å²) in [6.07, 6.45) is 0. The Hall–Kier alpha value is -3.35. The topological polar surface area (TPSA) is 87.7 Å². The van der Waals surface area contributed by atoms with Gasteiger partial charge in [0.05, 0.1) is 13.7 Å². The number of carbonyl (C=O) groups is 3. The second kappa shape index (κ2) is 9.55. The molecule has 2 N–H and O–H groups in total. The van der Waals surface area contributed by atoms with Gasteiger partial charge in [0.2, 0.25) is 11.8 Å². The number of benzene rings is 2. The number of likely N-dealkylation sites (N-methyl/N-ethyl adjacent to an activating group) is 1. The summed E-state index contributed by atoms with van der Waals surface area (Å²) >= 11 is 0. The van der Waals surface area contributed by atoms with E-state index >= 15 is 0 Å². The lowest BCUT2D eigenvalue weighted by Gasteiger charge is -2.28. The van der Waals surface area contributed by atoms with Crippen LogP contribution in [0.25, 0.3) is 0 Å². The first-order valence-electron chi connectivity index (χ1n) is 8.83. The predicted molar refractivity (Wildman–Crippen MR) is 107 cm³/mol. The minimum atomic E-state index is -0.844. The minimum absolute atomic E-state index is 0.177. The van der Waals surface area contributed by atoms with E-state index in [4.69, 9.17) is 4.74 Å². The third kappa shape index (κ3) is 5.57. The van der Waals surface area contributed by atoms with Gasteiger partial charge in [0.1, 0.15) is 11.8 Å². The normalized spacial score (nSPS) is 11.3. The molecule has 7 nitrogen and oxygen atoms in total. The van der Waals surface area contributed by atoms with E-state index in [2.05, 4.69) is 10.6 Å². The summed E-state index contributed by atoms with van der Waals surface area (Å²) < 4.78 is 5.12. The van der Waals surface area contributed by atoms with Crippen LogP contribution in [0.15, 0.2) is 48.5 Å². The number of amides is 3.